The quantitative estimate of drug-likeness (QED) is 0.929. The molecule has 3 heteroatoms. The predicted octanol–water partition coefficient (Wildman–Crippen LogP) is 3.62. The van der Waals surface area contributed by atoms with Gasteiger partial charge in [0, 0.05) is 6.04 Å². The molecular formula is C18H21NO2. The lowest BCUT2D eigenvalue weighted by atomic mass is 9.97. The van der Waals surface area contributed by atoms with E-state index in [1.54, 1.807) is 7.11 Å². The SMILES string of the molecule is COc1ccc([C@H](C)NC2COCc3ccccc32)cc1. The van der Waals surface area contributed by atoms with E-state index in [4.69, 9.17) is 9.47 Å². The molecule has 0 saturated heterocycles. The van der Waals surface area contributed by atoms with Crippen molar-refractivity contribution < 1.29 is 9.47 Å². The van der Waals surface area contributed by atoms with Crippen LogP contribution in [0.2, 0.25) is 0 Å². The zero-order chi connectivity index (χ0) is 14.7. The van der Waals surface area contributed by atoms with Crippen LogP contribution in [0.5, 0.6) is 5.75 Å². The average Bonchev–Trinajstić information content (AvgIpc) is 2.55. The maximum atomic E-state index is 5.70. The fraction of sp³-hybridized carbons (Fsp3) is 0.333. The summed E-state index contributed by atoms with van der Waals surface area (Å²) in [5.74, 6) is 0.886. The molecule has 0 radical (unpaired) electrons. The molecule has 0 saturated carbocycles. The molecule has 110 valence electrons. The van der Waals surface area contributed by atoms with Crippen molar-refractivity contribution >= 4 is 0 Å². The summed E-state index contributed by atoms with van der Waals surface area (Å²) in [6.07, 6.45) is 0. The Morgan fingerprint density at radius 2 is 1.90 bits per heavy atom. The van der Waals surface area contributed by atoms with Gasteiger partial charge in [-0.25, -0.2) is 0 Å². The van der Waals surface area contributed by atoms with Crippen molar-refractivity contribution in [1.82, 2.24) is 5.32 Å². The first-order valence-corrected chi connectivity index (χ1v) is 7.33. The number of hydrogen-bond acceptors (Lipinski definition) is 3. The minimum atomic E-state index is 0.243. The molecule has 2 atom stereocenters. The maximum Gasteiger partial charge on any atom is 0.118 e. The van der Waals surface area contributed by atoms with E-state index in [0.717, 1.165) is 12.4 Å². The monoisotopic (exact) mass is 283 g/mol. The fourth-order valence-electron chi connectivity index (χ4n) is 2.81. The van der Waals surface area contributed by atoms with Crippen LogP contribution in [0.4, 0.5) is 0 Å². The van der Waals surface area contributed by atoms with E-state index in [0.29, 0.717) is 6.61 Å². The Hall–Kier alpha value is -1.84. The second-order valence-electron chi connectivity index (χ2n) is 5.43. The van der Waals surface area contributed by atoms with Crippen LogP contribution < -0.4 is 10.1 Å². The summed E-state index contributed by atoms with van der Waals surface area (Å²) < 4.78 is 10.9. The van der Waals surface area contributed by atoms with Gasteiger partial charge >= 0.3 is 0 Å². The lowest BCUT2D eigenvalue weighted by Crippen LogP contribution is -2.31. The molecule has 0 aromatic heterocycles. The Bertz CT molecular complexity index is 594. The van der Waals surface area contributed by atoms with Gasteiger partial charge in [-0.1, -0.05) is 36.4 Å². The molecule has 1 aliphatic heterocycles. The number of rotatable bonds is 4. The third-order valence-corrected chi connectivity index (χ3v) is 4.04. The van der Waals surface area contributed by atoms with Crippen molar-refractivity contribution in [2.75, 3.05) is 13.7 Å². The van der Waals surface area contributed by atoms with Crippen LogP contribution in [0.3, 0.4) is 0 Å². The molecule has 1 aliphatic rings. The molecular weight excluding hydrogens is 262 g/mol. The van der Waals surface area contributed by atoms with E-state index < -0.39 is 0 Å². The summed E-state index contributed by atoms with van der Waals surface area (Å²) in [7, 11) is 1.69. The summed E-state index contributed by atoms with van der Waals surface area (Å²) >= 11 is 0. The molecule has 1 unspecified atom stereocenters. The van der Waals surface area contributed by atoms with Crippen LogP contribution in [0.25, 0.3) is 0 Å². The molecule has 1 heterocycles. The fourth-order valence-corrected chi connectivity index (χ4v) is 2.81. The highest BCUT2D eigenvalue weighted by Gasteiger charge is 2.22. The Kier molecular flexibility index (Phi) is 4.23. The van der Waals surface area contributed by atoms with E-state index in [-0.39, 0.29) is 12.1 Å². The molecule has 2 aromatic carbocycles. The minimum Gasteiger partial charge on any atom is -0.497 e. The zero-order valence-electron chi connectivity index (χ0n) is 12.5. The van der Waals surface area contributed by atoms with Gasteiger partial charge in [0.05, 0.1) is 26.4 Å². The van der Waals surface area contributed by atoms with E-state index in [2.05, 4.69) is 48.6 Å². The highest BCUT2D eigenvalue weighted by molar-refractivity contribution is 5.32. The molecule has 1 N–H and O–H groups in total. The maximum absolute atomic E-state index is 5.70. The molecule has 3 nitrogen and oxygen atoms in total. The summed E-state index contributed by atoms with van der Waals surface area (Å²) in [4.78, 5) is 0. The molecule has 21 heavy (non-hydrogen) atoms. The summed E-state index contributed by atoms with van der Waals surface area (Å²) in [6.45, 7) is 3.61. The molecule has 0 fully saturated rings. The summed E-state index contributed by atoms with van der Waals surface area (Å²) in [5.41, 5.74) is 3.88. The molecule has 0 bridgehead atoms. The first-order chi connectivity index (χ1) is 10.3. The van der Waals surface area contributed by atoms with Gasteiger partial charge < -0.3 is 14.8 Å². The summed E-state index contributed by atoms with van der Waals surface area (Å²) in [6, 6.07) is 17.2. The van der Waals surface area contributed by atoms with Crippen molar-refractivity contribution in [1.29, 1.82) is 0 Å². The van der Waals surface area contributed by atoms with Gasteiger partial charge in [-0.15, -0.1) is 0 Å². The number of benzene rings is 2. The van der Waals surface area contributed by atoms with Gasteiger partial charge in [0.25, 0.3) is 0 Å². The topological polar surface area (TPSA) is 30.5 Å². The summed E-state index contributed by atoms with van der Waals surface area (Å²) in [5, 5.41) is 3.66. The van der Waals surface area contributed by atoms with Crippen LogP contribution in [0, 0.1) is 0 Å². The van der Waals surface area contributed by atoms with Crippen LogP contribution in [-0.2, 0) is 11.3 Å². The third kappa shape index (κ3) is 3.09. The van der Waals surface area contributed by atoms with Crippen LogP contribution >= 0.6 is 0 Å². The third-order valence-electron chi connectivity index (χ3n) is 4.04. The van der Waals surface area contributed by atoms with Gasteiger partial charge in [0.2, 0.25) is 0 Å². The minimum absolute atomic E-state index is 0.243. The van der Waals surface area contributed by atoms with E-state index >= 15 is 0 Å². The van der Waals surface area contributed by atoms with Crippen LogP contribution in [-0.4, -0.2) is 13.7 Å². The highest BCUT2D eigenvalue weighted by Crippen LogP contribution is 2.27. The molecule has 2 aromatic rings. The van der Waals surface area contributed by atoms with Crippen LogP contribution in [0.15, 0.2) is 48.5 Å². The molecule has 0 aliphatic carbocycles. The predicted molar refractivity (Wildman–Crippen MR) is 83.4 cm³/mol. The number of ether oxygens (including phenoxy) is 2. The lowest BCUT2D eigenvalue weighted by molar-refractivity contribution is 0.0791. The van der Waals surface area contributed by atoms with Gasteiger partial charge in [-0.2, -0.15) is 0 Å². The standard InChI is InChI=1S/C18H21NO2/c1-13(14-7-9-16(20-2)10-8-14)19-18-12-21-11-15-5-3-4-6-17(15)18/h3-10,13,18-19H,11-12H2,1-2H3/t13-,18?/m0/s1. The van der Waals surface area contributed by atoms with Gasteiger partial charge in [0.1, 0.15) is 5.75 Å². The molecule has 0 spiro atoms. The Labute approximate surface area is 125 Å². The first-order valence-electron chi connectivity index (χ1n) is 7.33. The normalized spacial score (nSPS) is 18.9. The second kappa shape index (κ2) is 6.29. The number of hydrogen-bond donors (Lipinski definition) is 1. The zero-order valence-corrected chi connectivity index (χ0v) is 12.5. The van der Waals surface area contributed by atoms with Gasteiger partial charge in [-0.3, -0.25) is 0 Å². The largest absolute Gasteiger partial charge is 0.497 e. The van der Waals surface area contributed by atoms with Crippen molar-refractivity contribution in [3.63, 3.8) is 0 Å². The Morgan fingerprint density at radius 1 is 1.14 bits per heavy atom. The first kappa shape index (κ1) is 14.1. The second-order valence-corrected chi connectivity index (χ2v) is 5.43. The Balaban J connectivity index is 1.74. The van der Waals surface area contributed by atoms with E-state index in [1.165, 1.54) is 16.7 Å². The average molecular weight is 283 g/mol. The van der Waals surface area contributed by atoms with Crippen molar-refractivity contribution in [3.05, 3.63) is 65.2 Å². The number of fused-ring (bicyclic) bond motifs is 1. The number of nitrogens with one attached hydrogen (secondary N) is 1. The molecule has 0 amide bonds. The van der Waals surface area contributed by atoms with E-state index in [1.807, 2.05) is 12.1 Å². The van der Waals surface area contributed by atoms with E-state index in [9.17, 15) is 0 Å². The smallest absolute Gasteiger partial charge is 0.118 e. The van der Waals surface area contributed by atoms with Gasteiger partial charge in [0.15, 0.2) is 0 Å². The Morgan fingerprint density at radius 3 is 2.67 bits per heavy atom. The van der Waals surface area contributed by atoms with Crippen molar-refractivity contribution in [2.45, 2.75) is 25.6 Å². The van der Waals surface area contributed by atoms with Gasteiger partial charge in [-0.05, 0) is 35.7 Å². The highest BCUT2D eigenvalue weighted by atomic mass is 16.5. The van der Waals surface area contributed by atoms with Crippen LogP contribution in [0.1, 0.15) is 35.7 Å². The lowest BCUT2D eigenvalue weighted by Gasteiger charge is -2.29. The van der Waals surface area contributed by atoms with Crippen molar-refractivity contribution in [3.8, 4) is 5.75 Å². The van der Waals surface area contributed by atoms with Crippen molar-refractivity contribution in [2.24, 2.45) is 0 Å². The number of methoxy groups -OCH3 is 1. The molecule has 3 rings (SSSR count).